The quantitative estimate of drug-likeness (QED) is 0.622. The molecular weight excluding hydrogens is 208 g/mol. The molecule has 0 amide bonds. The van der Waals surface area contributed by atoms with Crippen molar-refractivity contribution < 1.29 is 19.4 Å². The van der Waals surface area contributed by atoms with E-state index in [2.05, 4.69) is 6.58 Å². The van der Waals surface area contributed by atoms with Crippen LogP contribution in [0.3, 0.4) is 0 Å². The molecule has 0 saturated heterocycles. The predicted molar refractivity (Wildman–Crippen MR) is 59.1 cm³/mol. The van der Waals surface area contributed by atoms with Gasteiger partial charge in [-0.3, -0.25) is 0 Å². The number of hydrogen-bond acceptors (Lipinski definition) is 3. The van der Waals surface area contributed by atoms with Crippen molar-refractivity contribution in [2.45, 2.75) is 6.92 Å². The van der Waals surface area contributed by atoms with E-state index in [1.807, 2.05) is 0 Å². The number of aromatic carboxylic acids is 1. The Hall–Kier alpha value is -2.10. The fraction of sp³-hybridized carbons (Fsp3) is 0.167. The van der Waals surface area contributed by atoms with Crippen molar-refractivity contribution >= 4 is 17.5 Å². The van der Waals surface area contributed by atoms with Crippen LogP contribution in [0.5, 0.6) is 0 Å². The Bertz CT molecular complexity index is 417. The summed E-state index contributed by atoms with van der Waals surface area (Å²) in [5.41, 5.74) is 0.947. The molecule has 1 N–H and O–H groups in total. The molecule has 0 aliphatic carbocycles. The summed E-state index contributed by atoms with van der Waals surface area (Å²) < 4.78 is 4.78. The molecule has 0 fully saturated rings. The van der Waals surface area contributed by atoms with E-state index in [0.29, 0.717) is 5.56 Å². The molecule has 4 heteroatoms. The highest BCUT2D eigenvalue weighted by Crippen LogP contribution is 2.15. The molecule has 0 bridgehead atoms. The van der Waals surface area contributed by atoms with Crippen molar-refractivity contribution in [1.29, 1.82) is 0 Å². The van der Waals surface area contributed by atoms with E-state index in [1.165, 1.54) is 24.3 Å². The summed E-state index contributed by atoms with van der Waals surface area (Å²) in [6, 6.07) is 5.90. The number of hydrogen-bond donors (Lipinski definition) is 1. The van der Waals surface area contributed by atoms with Crippen LogP contribution in [0.15, 0.2) is 30.8 Å². The fourth-order valence-electron chi connectivity index (χ4n) is 1.15. The first-order chi connectivity index (χ1) is 7.56. The Balaban J connectivity index is 2.85. The highest BCUT2D eigenvalue weighted by atomic mass is 16.5. The minimum Gasteiger partial charge on any atom is -0.478 e. The summed E-state index contributed by atoms with van der Waals surface area (Å²) in [6.45, 7) is 5.59. The van der Waals surface area contributed by atoms with Crippen molar-refractivity contribution in [2.75, 3.05) is 6.61 Å². The Morgan fingerprint density at radius 2 is 1.75 bits per heavy atom. The van der Waals surface area contributed by atoms with E-state index < -0.39 is 11.9 Å². The van der Waals surface area contributed by atoms with E-state index in [-0.39, 0.29) is 17.7 Å². The van der Waals surface area contributed by atoms with E-state index in [0.717, 1.165) is 0 Å². The zero-order chi connectivity index (χ0) is 12.1. The van der Waals surface area contributed by atoms with Gasteiger partial charge < -0.3 is 9.84 Å². The molecule has 0 aromatic heterocycles. The third kappa shape index (κ3) is 2.70. The molecular formula is C12H12O4. The van der Waals surface area contributed by atoms with Crippen LogP contribution in [0.4, 0.5) is 0 Å². The average Bonchev–Trinajstić information content (AvgIpc) is 2.28. The van der Waals surface area contributed by atoms with Crippen molar-refractivity contribution in [3.8, 4) is 0 Å². The third-order valence-electron chi connectivity index (χ3n) is 2.00. The van der Waals surface area contributed by atoms with E-state index in [9.17, 15) is 9.59 Å². The van der Waals surface area contributed by atoms with Crippen molar-refractivity contribution in [3.05, 3.63) is 42.0 Å². The molecule has 0 radical (unpaired) electrons. The monoisotopic (exact) mass is 220 g/mol. The molecule has 16 heavy (non-hydrogen) atoms. The lowest BCUT2D eigenvalue weighted by Crippen LogP contribution is -2.06. The maximum absolute atomic E-state index is 11.3. The van der Waals surface area contributed by atoms with Gasteiger partial charge in [0.05, 0.1) is 17.7 Å². The van der Waals surface area contributed by atoms with Gasteiger partial charge in [0.25, 0.3) is 0 Å². The summed E-state index contributed by atoms with van der Waals surface area (Å²) in [5, 5.41) is 8.69. The van der Waals surface area contributed by atoms with Gasteiger partial charge in [-0.1, -0.05) is 18.7 Å². The van der Waals surface area contributed by atoms with Crippen LogP contribution in [0, 0.1) is 0 Å². The average molecular weight is 220 g/mol. The first-order valence-corrected chi connectivity index (χ1v) is 4.76. The normalized spacial score (nSPS) is 9.56. The maximum Gasteiger partial charge on any atom is 0.338 e. The molecule has 0 aliphatic heterocycles. The van der Waals surface area contributed by atoms with Gasteiger partial charge in [0.1, 0.15) is 0 Å². The molecule has 0 unspecified atom stereocenters. The van der Waals surface area contributed by atoms with Crippen LogP contribution < -0.4 is 0 Å². The number of carbonyl (C=O) groups is 2. The van der Waals surface area contributed by atoms with Crippen LogP contribution >= 0.6 is 0 Å². The summed E-state index contributed by atoms with van der Waals surface area (Å²) in [4.78, 5) is 21.9. The number of carboxylic acid groups (broad SMARTS) is 1. The zero-order valence-electron chi connectivity index (χ0n) is 8.90. The SMILES string of the molecule is C=C(C(=O)OCC)c1ccc(C(=O)O)cc1. The topological polar surface area (TPSA) is 63.6 Å². The van der Waals surface area contributed by atoms with E-state index in [1.54, 1.807) is 6.92 Å². The van der Waals surface area contributed by atoms with Gasteiger partial charge in [0, 0.05) is 0 Å². The highest BCUT2D eigenvalue weighted by Gasteiger charge is 2.10. The number of carboxylic acids is 1. The Morgan fingerprint density at radius 1 is 1.25 bits per heavy atom. The molecule has 1 aromatic carbocycles. The lowest BCUT2D eigenvalue weighted by molar-refractivity contribution is -0.136. The van der Waals surface area contributed by atoms with Gasteiger partial charge >= 0.3 is 11.9 Å². The lowest BCUT2D eigenvalue weighted by Gasteiger charge is -2.05. The first kappa shape index (κ1) is 12.0. The molecule has 0 aliphatic rings. The van der Waals surface area contributed by atoms with Gasteiger partial charge in [-0.05, 0) is 24.6 Å². The molecule has 4 nitrogen and oxygen atoms in total. The van der Waals surface area contributed by atoms with Gasteiger partial charge in [0.15, 0.2) is 0 Å². The first-order valence-electron chi connectivity index (χ1n) is 4.76. The Kier molecular flexibility index (Phi) is 3.83. The highest BCUT2D eigenvalue weighted by molar-refractivity contribution is 6.15. The Labute approximate surface area is 93.2 Å². The minimum atomic E-state index is -1.01. The molecule has 0 heterocycles. The number of ether oxygens (including phenoxy) is 1. The summed E-state index contributed by atoms with van der Waals surface area (Å²) in [5.74, 6) is -1.50. The van der Waals surface area contributed by atoms with Crippen LogP contribution in [-0.2, 0) is 9.53 Å². The van der Waals surface area contributed by atoms with Crippen LogP contribution in [0.1, 0.15) is 22.8 Å². The van der Waals surface area contributed by atoms with Crippen molar-refractivity contribution in [3.63, 3.8) is 0 Å². The number of benzene rings is 1. The molecule has 84 valence electrons. The summed E-state index contributed by atoms with van der Waals surface area (Å²) in [7, 11) is 0. The smallest absolute Gasteiger partial charge is 0.338 e. The predicted octanol–water partition coefficient (Wildman–Crippen LogP) is 1.96. The zero-order valence-corrected chi connectivity index (χ0v) is 8.90. The van der Waals surface area contributed by atoms with E-state index in [4.69, 9.17) is 9.84 Å². The van der Waals surface area contributed by atoms with Gasteiger partial charge in [-0.25, -0.2) is 9.59 Å². The number of carbonyl (C=O) groups excluding carboxylic acids is 1. The minimum absolute atomic E-state index is 0.167. The molecule has 1 aromatic rings. The largest absolute Gasteiger partial charge is 0.478 e. The van der Waals surface area contributed by atoms with Crippen LogP contribution in [-0.4, -0.2) is 23.7 Å². The molecule has 0 spiro atoms. The van der Waals surface area contributed by atoms with Crippen molar-refractivity contribution in [1.82, 2.24) is 0 Å². The fourth-order valence-corrected chi connectivity index (χ4v) is 1.15. The van der Waals surface area contributed by atoms with Gasteiger partial charge in [-0.15, -0.1) is 0 Å². The molecule has 1 rings (SSSR count). The van der Waals surface area contributed by atoms with Gasteiger partial charge in [0.2, 0.25) is 0 Å². The standard InChI is InChI=1S/C12H12O4/c1-3-16-12(15)8(2)9-4-6-10(7-5-9)11(13)14/h4-7H,2-3H2,1H3,(H,13,14). The van der Waals surface area contributed by atoms with Crippen LogP contribution in [0.25, 0.3) is 5.57 Å². The summed E-state index contributed by atoms with van der Waals surface area (Å²) >= 11 is 0. The lowest BCUT2D eigenvalue weighted by atomic mass is 10.1. The van der Waals surface area contributed by atoms with Crippen LogP contribution in [0.2, 0.25) is 0 Å². The third-order valence-corrected chi connectivity index (χ3v) is 2.00. The number of esters is 1. The summed E-state index contributed by atoms with van der Waals surface area (Å²) in [6.07, 6.45) is 0. The molecule has 0 saturated carbocycles. The second-order valence-electron chi connectivity index (χ2n) is 3.08. The maximum atomic E-state index is 11.3. The van der Waals surface area contributed by atoms with Gasteiger partial charge in [-0.2, -0.15) is 0 Å². The Morgan fingerprint density at radius 3 is 2.19 bits per heavy atom. The van der Waals surface area contributed by atoms with E-state index >= 15 is 0 Å². The molecule has 0 atom stereocenters. The number of rotatable bonds is 4. The van der Waals surface area contributed by atoms with Crippen molar-refractivity contribution in [2.24, 2.45) is 0 Å². The second-order valence-corrected chi connectivity index (χ2v) is 3.08. The second kappa shape index (κ2) is 5.11.